The second-order valence-corrected chi connectivity index (χ2v) is 5.40. The third-order valence-corrected chi connectivity index (χ3v) is 4.23. The predicted molar refractivity (Wildman–Crippen MR) is 75.7 cm³/mol. The summed E-state index contributed by atoms with van der Waals surface area (Å²) in [7, 11) is 1.70. The van der Waals surface area contributed by atoms with Gasteiger partial charge in [-0.1, -0.05) is 6.92 Å². The third kappa shape index (κ3) is 2.78. The molecule has 0 radical (unpaired) electrons. The second-order valence-electron chi connectivity index (χ2n) is 5.40. The van der Waals surface area contributed by atoms with Crippen LogP contribution in [0.1, 0.15) is 32.3 Å². The molecule has 18 heavy (non-hydrogen) atoms. The number of nitrogen functional groups attached to an aromatic ring is 1. The van der Waals surface area contributed by atoms with Crippen molar-refractivity contribution in [2.75, 3.05) is 19.4 Å². The van der Waals surface area contributed by atoms with E-state index in [0.29, 0.717) is 6.04 Å². The number of benzene rings is 1. The van der Waals surface area contributed by atoms with Crippen LogP contribution in [0.2, 0.25) is 0 Å². The number of nitrogens with two attached hydrogens (primary N) is 1. The van der Waals surface area contributed by atoms with Crippen LogP contribution < -0.4 is 10.5 Å². The van der Waals surface area contributed by atoms with Crippen LogP contribution >= 0.6 is 0 Å². The number of rotatable bonds is 3. The maximum absolute atomic E-state index is 6.06. The monoisotopic (exact) mass is 248 g/mol. The minimum Gasteiger partial charge on any atom is -0.497 e. The molecule has 1 aromatic rings. The van der Waals surface area contributed by atoms with Crippen molar-refractivity contribution >= 4 is 5.69 Å². The highest BCUT2D eigenvalue weighted by atomic mass is 16.5. The molecule has 2 atom stereocenters. The van der Waals surface area contributed by atoms with Gasteiger partial charge in [-0.15, -0.1) is 0 Å². The van der Waals surface area contributed by atoms with Gasteiger partial charge in [0.15, 0.2) is 0 Å². The van der Waals surface area contributed by atoms with Crippen molar-refractivity contribution in [3.63, 3.8) is 0 Å². The van der Waals surface area contributed by atoms with Crippen LogP contribution in [0.3, 0.4) is 0 Å². The quantitative estimate of drug-likeness (QED) is 0.836. The summed E-state index contributed by atoms with van der Waals surface area (Å²) in [5.74, 6) is 1.66. The molecular weight excluding hydrogens is 224 g/mol. The highest BCUT2D eigenvalue weighted by molar-refractivity contribution is 5.50. The van der Waals surface area contributed by atoms with Crippen LogP contribution in [0, 0.1) is 5.92 Å². The van der Waals surface area contributed by atoms with Gasteiger partial charge in [-0.25, -0.2) is 0 Å². The number of methoxy groups -OCH3 is 1. The summed E-state index contributed by atoms with van der Waals surface area (Å²) in [6, 6.07) is 6.54. The molecule has 0 aliphatic carbocycles. The molecule has 1 fully saturated rings. The van der Waals surface area contributed by atoms with Crippen LogP contribution in [0.4, 0.5) is 5.69 Å². The molecule has 1 aromatic carbocycles. The lowest BCUT2D eigenvalue weighted by Crippen LogP contribution is -2.41. The number of likely N-dealkylation sites (tertiary alicyclic amines) is 1. The first-order valence-electron chi connectivity index (χ1n) is 6.78. The number of nitrogens with zero attached hydrogens (tertiary/aromatic N) is 1. The van der Waals surface area contributed by atoms with E-state index in [9.17, 15) is 0 Å². The lowest BCUT2D eigenvalue weighted by molar-refractivity contribution is 0.107. The minimum atomic E-state index is 0.629. The van der Waals surface area contributed by atoms with Gasteiger partial charge in [0.2, 0.25) is 0 Å². The fourth-order valence-electron chi connectivity index (χ4n) is 2.71. The van der Waals surface area contributed by atoms with Crippen molar-refractivity contribution in [2.24, 2.45) is 5.92 Å². The highest BCUT2D eigenvalue weighted by Crippen LogP contribution is 2.27. The van der Waals surface area contributed by atoms with E-state index in [-0.39, 0.29) is 0 Å². The fourth-order valence-corrected chi connectivity index (χ4v) is 2.71. The van der Waals surface area contributed by atoms with E-state index in [4.69, 9.17) is 10.5 Å². The van der Waals surface area contributed by atoms with Crippen LogP contribution in [0.15, 0.2) is 18.2 Å². The molecule has 0 bridgehead atoms. The van der Waals surface area contributed by atoms with Crippen molar-refractivity contribution in [2.45, 2.75) is 39.3 Å². The predicted octanol–water partition coefficient (Wildman–Crippen LogP) is 2.90. The Hall–Kier alpha value is -1.22. The molecule has 0 saturated carbocycles. The number of hydrogen-bond acceptors (Lipinski definition) is 3. The molecule has 1 heterocycles. The van der Waals surface area contributed by atoms with Crippen LogP contribution in [-0.4, -0.2) is 24.6 Å². The normalized spacial score (nSPS) is 25.1. The summed E-state index contributed by atoms with van der Waals surface area (Å²) in [5.41, 5.74) is 8.10. The molecule has 1 aliphatic heterocycles. The molecule has 2 rings (SSSR count). The summed E-state index contributed by atoms with van der Waals surface area (Å²) < 4.78 is 5.27. The standard InChI is InChI=1S/C15H24N2O/c1-11-5-4-8-17(12(11)2)10-13-9-14(18-3)6-7-15(13)16/h6-7,9,11-12H,4-5,8,10,16H2,1-3H3. The van der Waals surface area contributed by atoms with Gasteiger partial charge in [-0.05, 0) is 56.0 Å². The van der Waals surface area contributed by atoms with Crippen molar-refractivity contribution < 1.29 is 4.74 Å². The third-order valence-electron chi connectivity index (χ3n) is 4.23. The molecule has 3 heteroatoms. The Balaban J connectivity index is 2.12. The van der Waals surface area contributed by atoms with Gasteiger partial charge in [-0.2, -0.15) is 0 Å². The topological polar surface area (TPSA) is 38.5 Å². The maximum atomic E-state index is 6.06. The minimum absolute atomic E-state index is 0.629. The van der Waals surface area contributed by atoms with E-state index in [1.807, 2.05) is 12.1 Å². The van der Waals surface area contributed by atoms with Gasteiger partial charge in [0.05, 0.1) is 7.11 Å². The smallest absolute Gasteiger partial charge is 0.119 e. The SMILES string of the molecule is COc1ccc(N)c(CN2CCCC(C)C2C)c1. The van der Waals surface area contributed by atoms with E-state index < -0.39 is 0 Å². The van der Waals surface area contributed by atoms with Gasteiger partial charge in [0.25, 0.3) is 0 Å². The maximum Gasteiger partial charge on any atom is 0.119 e. The molecule has 0 amide bonds. The van der Waals surface area contributed by atoms with Crippen molar-refractivity contribution in [1.29, 1.82) is 0 Å². The molecular formula is C15H24N2O. The lowest BCUT2D eigenvalue weighted by Gasteiger charge is -2.38. The number of ether oxygens (including phenoxy) is 1. The highest BCUT2D eigenvalue weighted by Gasteiger charge is 2.24. The summed E-state index contributed by atoms with van der Waals surface area (Å²) in [6.07, 6.45) is 2.63. The lowest BCUT2D eigenvalue weighted by atomic mass is 9.91. The molecule has 0 aromatic heterocycles. The Morgan fingerprint density at radius 2 is 2.17 bits per heavy atom. The Labute approximate surface area is 110 Å². The first-order valence-corrected chi connectivity index (χ1v) is 6.78. The number of hydrogen-bond donors (Lipinski definition) is 1. The Kier molecular flexibility index (Phi) is 4.12. The van der Waals surface area contributed by atoms with Gasteiger partial charge >= 0.3 is 0 Å². The first kappa shape index (κ1) is 13.2. The Bertz CT molecular complexity index is 405. The second kappa shape index (κ2) is 5.61. The molecule has 3 nitrogen and oxygen atoms in total. The van der Waals surface area contributed by atoms with Crippen LogP contribution in [-0.2, 0) is 6.54 Å². The summed E-state index contributed by atoms with van der Waals surface area (Å²) in [5, 5.41) is 0. The zero-order valence-electron chi connectivity index (χ0n) is 11.6. The Morgan fingerprint density at radius 3 is 2.89 bits per heavy atom. The van der Waals surface area contributed by atoms with Gasteiger partial charge < -0.3 is 10.5 Å². The molecule has 1 aliphatic rings. The van der Waals surface area contributed by atoms with Gasteiger partial charge in [-0.3, -0.25) is 4.90 Å². The van der Waals surface area contributed by atoms with E-state index in [2.05, 4.69) is 24.8 Å². The summed E-state index contributed by atoms with van der Waals surface area (Å²) >= 11 is 0. The average molecular weight is 248 g/mol. The van der Waals surface area contributed by atoms with E-state index in [1.165, 1.54) is 24.9 Å². The largest absolute Gasteiger partial charge is 0.497 e. The number of piperidine rings is 1. The van der Waals surface area contributed by atoms with Crippen LogP contribution in [0.25, 0.3) is 0 Å². The average Bonchev–Trinajstić information content (AvgIpc) is 2.37. The molecule has 1 saturated heterocycles. The van der Waals surface area contributed by atoms with Gasteiger partial charge in [0, 0.05) is 18.3 Å². The molecule has 100 valence electrons. The van der Waals surface area contributed by atoms with Gasteiger partial charge in [0.1, 0.15) is 5.75 Å². The fraction of sp³-hybridized carbons (Fsp3) is 0.600. The van der Waals surface area contributed by atoms with Crippen molar-refractivity contribution in [3.05, 3.63) is 23.8 Å². The summed E-state index contributed by atoms with van der Waals surface area (Å²) in [6.45, 7) is 6.75. The molecule has 0 spiro atoms. The summed E-state index contributed by atoms with van der Waals surface area (Å²) in [4.78, 5) is 2.53. The molecule has 2 N–H and O–H groups in total. The zero-order chi connectivity index (χ0) is 13.1. The first-order chi connectivity index (χ1) is 8.61. The zero-order valence-corrected chi connectivity index (χ0v) is 11.6. The molecule has 2 unspecified atom stereocenters. The van der Waals surface area contributed by atoms with Crippen molar-refractivity contribution in [3.8, 4) is 5.75 Å². The van der Waals surface area contributed by atoms with E-state index in [0.717, 1.165) is 23.9 Å². The van der Waals surface area contributed by atoms with Crippen LogP contribution in [0.5, 0.6) is 5.75 Å². The van der Waals surface area contributed by atoms with E-state index >= 15 is 0 Å². The number of anilines is 1. The van der Waals surface area contributed by atoms with Crippen molar-refractivity contribution in [1.82, 2.24) is 4.90 Å². The Morgan fingerprint density at radius 1 is 1.39 bits per heavy atom. The van der Waals surface area contributed by atoms with E-state index in [1.54, 1.807) is 7.11 Å².